The minimum absolute atomic E-state index is 0.00254. The first-order chi connectivity index (χ1) is 25.7. The number of rotatable bonds is 24. The number of nitrogens with two attached hydrogens (primary N) is 2. The molecule has 0 unspecified atom stereocenters. The van der Waals surface area contributed by atoms with Crippen molar-refractivity contribution in [2.24, 2.45) is 17.4 Å². The number of aliphatic hydroxyl groups is 2. The normalized spacial score (nSPS) is 16.0. The van der Waals surface area contributed by atoms with E-state index in [2.05, 4.69) is 31.9 Å². The van der Waals surface area contributed by atoms with Gasteiger partial charge in [-0.05, 0) is 58.1 Å². The minimum Gasteiger partial charge on any atom is -0.481 e. The van der Waals surface area contributed by atoms with Crippen LogP contribution in [0.3, 0.4) is 0 Å². The van der Waals surface area contributed by atoms with Crippen LogP contribution in [-0.4, -0.2) is 129 Å². The molecular formula is C35H56N8O12. The van der Waals surface area contributed by atoms with Crippen molar-refractivity contribution in [3.05, 3.63) is 35.9 Å². The van der Waals surface area contributed by atoms with Crippen LogP contribution in [0.5, 0.6) is 0 Å². The highest BCUT2D eigenvalue weighted by Crippen LogP contribution is 2.09. The molecule has 0 spiro atoms. The Bertz CT molecular complexity index is 1470. The van der Waals surface area contributed by atoms with Gasteiger partial charge in [-0.3, -0.25) is 33.6 Å². The van der Waals surface area contributed by atoms with E-state index in [1.807, 2.05) is 0 Å². The fourth-order valence-electron chi connectivity index (χ4n) is 5.12. The zero-order valence-corrected chi connectivity index (χ0v) is 31.6. The lowest BCUT2D eigenvalue weighted by Gasteiger charge is -2.29. The van der Waals surface area contributed by atoms with E-state index in [9.17, 15) is 58.8 Å². The lowest BCUT2D eigenvalue weighted by Crippen LogP contribution is -2.63. The van der Waals surface area contributed by atoms with Crippen molar-refractivity contribution >= 4 is 47.4 Å². The van der Waals surface area contributed by atoms with Gasteiger partial charge in [0.1, 0.15) is 36.3 Å². The molecule has 0 fully saturated rings. The van der Waals surface area contributed by atoms with Crippen molar-refractivity contribution in [2.45, 2.75) is 121 Å². The van der Waals surface area contributed by atoms with Gasteiger partial charge in [0.25, 0.3) is 0 Å². The predicted molar refractivity (Wildman–Crippen MR) is 196 cm³/mol. The van der Waals surface area contributed by atoms with Crippen molar-refractivity contribution in [3.63, 3.8) is 0 Å². The van der Waals surface area contributed by atoms with Crippen molar-refractivity contribution < 1.29 is 58.8 Å². The number of nitrogens with one attached hydrogen (secondary N) is 6. The molecular weight excluding hydrogens is 724 g/mol. The zero-order valence-electron chi connectivity index (χ0n) is 31.6. The lowest BCUT2D eigenvalue weighted by atomic mass is 10.0. The monoisotopic (exact) mass is 780 g/mol. The summed E-state index contributed by atoms with van der Waals surface area (Å²) in [4.78, 5) is 102. The Kier molecular flexibility index (Phi) is 20.5. The van der Waals surface area contributed by atoms with Crippen LogP contribution in [0.4, 0.5) is 0 Å². The summed E-state index contributed by atoms with van der Waals surface area (Å²) in [6, 6.07) is -1.90. The molecule has 0 aliphatic carbocycles. The first kappa shape index (κ1) is 47.8. The number of carboxylic acids is 2. The second-order valence-electron chi connectivity index (χ2n) is 13.6. The van der Waals surface area contributed by atoms with E-state index in [0.717, 1.165) is 13.8 Å². The number of carboxylic acid groups (broad SMARTS) is 2. The number of hydrogen-bond donors (Lipinski definition) is 12. The Balaban J connectivity index is 3.22. The highest BCUT2D eigenvalue weighted by atomic mass is 16.4. The summed E-state index contributed by atoms with van der Waals surface area (Å²) >= 11 is 0. The molecule has 55 heavy (non-hydrogen) atoms. The van der Waals surface area contributed by atoms with Crippen LogP contribution >= 0.6 is 0 Å². The van der Waals surface area contributed by atoms with E-state index in [4.69, 9.17) is 11.5 Å². The Hall–Kier alpha value is -5.18. The van der Waals surface area contributed by atoms with Crippen LogP contribution in [-0.2, 0) is 44.8 Å². The molecule has 6 amide bonds. The average molecular weight is 781 g/mol. The molecule has 0 bridgehead atoms. The topological polar surface area (TPSA) is 342 Å². The van der Waals surface area contributed by atoms with Gasteiger partial charge in [-0.25, -0.2) is 4.79 Å². The number of amides is 6. The quantitative estimate of drug-likeness (QED) is 0.0455. The molecule has 308 valence electrons. The number of benzene rings is 1. The third kappa shape index (κ3) is 16.8. The highest BCUT2D eigenvalue weighted by Gasteiger charge is 2.37. The average Bonchev–Trinajstić information content (AvgIpc) is 3.09. The molecule has 20 heteroatoms. The predicted octanol–water partition coefficient (Wildman–Crippen LogP) is -3.41. The minimum atomic E-state index is -1.87. The van der Waals surface area contributed by atoms with Crippen LogP contribution in [0.2, 0.25) is 0 Å². The largest absolute Gasteiger partial charge is 0.481 e. The maximum atomic E-state index is 13.5. The number of aliphatic hydroxyl groups excluding tert-OH is 2. The summed E-state index contributed by atoms with van der Waals surface area (Å²) in [5.74, 6) is -9.39. The molecule has 0 heterocycles. The van der Waals surface area contributed by atoms with Crippen molar-refractivity contribution in [1.82, 2.24) is 31.9 Å². The number of hydrogen-bond acceptors (Lipinski definition) is 12. The summed E-state index contributed by atoms with van der Waals surface area (Å²) in [6.07, 6.45) is -3.56. The fraction of sp³-hybridized carbons (Fsp3) is 0.600. The maximum absolute atomic E-state index is 13.5. The van der Waals surface area contributed by atoms with E-state index in [1.54, 1.807) is 44.2 Å². The van der Waals surface area contributed by atoms with E-state index < -0.39 is 114 Å². The molecule has 1 rings (SSSR count). The summed E-state index contributed by atoms with van der Waals surface area (Å²) in [6.45, 7) is 7.02. The van der Waals surface area contributed by atoms with E-state index in [0.29, 0.717) is 18.4 Å². The number of aliphatic carboxylic acids is 2. The molecule has 0 aliphatic rings. The van der Waals surface area contributed by atoms with Crippen LogP contribution in [0.25, 0.3) is 0 Å². The first-order valence-electron chi connectivity index (χ1n) is 17.8. The van der Waals surface area contributed by atoms with Gasteiger partial charge >= 0.3 is 11.9 Å². The zero-order chi connectivity index (χ0) is 42.0. The number of carbonyl (C=O) groups excluding carboxylic acids is 6. The Labute approximate surface area is 318 Å². The fourth-order valence-corrected chi connectivity index (χ4v) is 5.12. The van der Waals surface area contributed by atoms with Gasteiger partial charge in [-0.1, -0.05) is 44.2 Å². The lowest BCUT2D eigenvalue weighted by molar-refractivity contribution is -0.143. The molecule has 0 saturated heterocycles. The smallest absolute Gasteiger partial charge is 0.326 e. The molecule has 0 saturated carbocycles. The van der Waals surface area contributed by atoms with E-state index in [-0.39, 0.29) is 19.4 Å². The van der Waals surface area contributed by atoms with Gasteiger partial charge in [0.2, 0.25) is 35.4 Å². The Morgan fingerprint density at radius 2 is 1.05 bits per heavy atom. The molecule has 14 N–H and O–H groups in total. The molecule has 0 aliphatic heterocycles. The second-order valence-corrected chi connectivity index (χ2v) is 13.6. The SMILES string of the molecule is CC(C)[C@H](NC(=O)[C@H](C)N)C(=O)N[C@@H](CC(=O)O)C(=O)N[C@H](C(=O)N[C@H](C(=O)N[C@@H](CCCCN)C(=O)N[C@@H](Cc1ccccc1)C(=O)O)[C@@H](C)O)[C@@H](C)O. The maximum Gasteiger partial charge on any atom is 0.326 e. The van der Waals surface area contributed by atoms with Gasteiger partial charge in [-0.15, -0.1) is 0 Å². The Morgan fingerprint density at radius 3 is 1.53 bits per heavy atom. The summed E-state index contributed by atoms with van der Waals surface area (Å²) in [5, 5.41) is 54.0. The van der Waals surface area contributed by atoms with Crippen LogP contribution in [0, 0.1) is 5.92 Å². The van der Waals surface area contributed by atoms with E-state index in [1.165, 1.54) is 6.92 Å². The molecule has 0 aromatic heterocycles. The van der Waals surface area contributed by atoms with Gasteiger partial charge < -0.3 is 63.8 Å². The van der Waals surface area contributed by atoms with Gasteiger partial charge in [0.15, 0.2) is 0 Å². The van der Waals surface area contributed by atoms with Gasteiger partial charge in [-0.2, -0.15) is 0 Å². The first-order valence-corrected chi connectivity index (χ1v) is 17.8. The highest BCUT2D eigenvalue weighted by molar-refractivity contribution is 5.98. The third-order valence-corrected chi connectivity index (χ3v) is 8.27. The van der Waals surface area contributed by atoms with Gasteiger partial charge in [0, 0.05) is 6.42 Å². The second kappa shape index (κ2) is 23.6. The summed E-state index contributed by atoms with van der Waals surface area (Å²) in [7, 11) is 0. The summed E-state index contributed by atoms with van der Waals surface area (Å²) in [5.41, 5.74) is 11.8. The van der Waals surface area contributed by atoms with Crippen LogP contribution in [0.15, 0.2) is 30.3 Å². The van der Waals surface area contributed by atoms with E-state index >= 15 is 0 Å². The standard InChI is InChI=1S/C35H56N8O12/c1-17(2)26(41-29(48)18(3)37)32(51)39-23(16-25(46)47)31(50)42-28(20(5)45)34(53)43-27(19(4)44)33(52)38-22(13-9-10-14-36)30(49)40-24(35(54)55)15-21-11-7-6-8-12-21/h6-8,11-12,17-20,22-24,26-28,44-45H,9-10,13-16,36-37H2,1-5H3,(H,38,52)(H,39,51)(H,40,49)(H,41,48)(H,42,50)(H,43,53)(H,46,47)(H,54,55)/t18-,19+,20+,22-,23-,24-,26-,27-,28-/m0/s1. The van der Waals surface area contributed by atoms with Crippen molar-refractivity contribution in [3.8, 4) is 0 Å². The van der Waals surface area contributed by atoms with Crippen molar-refractivity contribution in [2.75, 3.05) is 6.54 Å². The van der Waals surface area contributed by atoms with Crippen molar-refractivity contribution in [1.29, 1.82) is 0 Å². The molecule has 1 aromatic carbocycles. The summed E-state index contributed by atoms with van der Waals surface area (Å²) < 4.78 is 0. The van der Waals surface area contributed by atoms with Crippen LogP contribution < -0.4 is 43.4 Å². The molecule has 9 atom stereocenters. The van der Waals surface area contributed by atoms with Crippen LogP contribution in [0.1, 0.15) is 65.9 Å². The Morgan fingerprint density at radius 1 is 0.600 bits per heavy atom. The number of carbonyl (C=O) groups is 8. The van der Waals surface area contributed by atoms with Gasteiger partial charge in [0.05, 0.1) is 24.7 Å². The molecule has 20 nitrogen and oxygen atoms in total. The number of unbranched alkanes of at least 4 members (excludes halogenated alkanes) is 1. The molecule has 1 aromatic rings. The third-order valence-electron chi connectivity index (χ3n) is 8.27. The molecule has 0 radical (unpaired) electrons.